The number of aryl methyl sites for hydroxylation is 2. The Bertz CT molecular complexity index is 523. The van der Waals surface area contributed by atoms with Crippen molar-refractivity contribution in [2.75, 3.05) is 12.4 Å². The molecule has 0 aliphatic rings. The molecule has 0 unspecified atom stereocenters. The van der Waals surface area contributed by atoms with Gasteiger partial charge in [-0.1, -0.05) is 17.7 Å². The number of hydrogen-bond donors (Lipinski definition) is 1. The van der Waals surface area contributed by atoms with Crippen LogP contribution in [0.1, 0.15) is 16.8 Å². The number of nitrogens with one attached hydrogen (secondary N) is 1. The molecule has 2 rings (SSSR count). The van der Waals surface area contributed by atoms with Crippen molar-refractivity contribution in [2.45, 2.75) is 24.5 Å². The number of thioether (sulfide) groups is 1. The van der Waals surface area contributed by atoms with Crippen molar-refractivity contribution >= 4 is 17.6 Å². The van der Waals surface area contributed by atoms with Crippen molar-refractivity contribution in [1.82, 2.24) is 9.97 Å². The highest BCUT2D eigenvalue weighted by Gasteiger charge is 2.02. The van der Waals surface area contributed by atoms with Crippen LogP contribution < -0.4 is 5.32 Å². The molecule has 0 fully saturated rings. The quantitative estimate of drug-likeness (QED) is 0.854. The van der Waals surface area contributed by atoms with Crippen LogP contribution in [0.4, 0.5) is 5.82 Å². The van der Waals surface area contributed by atoms with E-state index < -0.39 is 0 Å². The van der Waals surface area contributed by atoms with Crippen LogP contribution in [0.2, 0.25) is 0 Å². The summed E-state index contributed by atoms with van der Waals surface area (Å²) in [6.07, 6.45) is 3.58. The smallest absolute Gasteiger partial charge is 0.144 e. The summed E-state index contributed by atoms with van der Waals surface area (Å²) in [7, 11) is 1.84. The molecule has 4 heteroatoms. The second-order valence-corrected chi connectivity index (χ2v) is 5.22. The van der Waals surface area contributed by atoms with Crippen LogP contribution in [0, 0.1) is 13.8 Å². The second kappa shape index (κ2) is 5.87. The summed E-state index contributed by atoms with van der Waals surface area (Å²) in [5, 5.41) is 2.96. The summed E-state index contributed by atoms with van der Waals surface area (Å²) in [6.45, 7) is 4.26. The van der Waals surface area contributed by atoms with Gasteiger partial charge in [-0.2, -0.15) is 0 Å². The van der Waals surface area contributed by atoms with Crippen molar-refractivity contribution in [3.63, 3.8) is 0 Å². The summed E-state index contributed by atoms with van der Waals surface area (Å²) < 4.78 is 0. The van der Waals surface area contributed by atoms with Gasteiger partial charge < -0.3 is 5.32 Å². The molecule has 18 heavy (non-hydrogen) atoms. The summed E-state index contributed by atoms with van der Waals surface area (Å²) >= 11 is 1.80. The lowest BCUT2D eigenvalue weighted by Gasteiger charge is -2.06. The molecule has 3 nitrogen and oxygen atoms in total. The van der Waals surface area contributed by atoms with Gasteiger partial charge in [-0.3, -0.25) is 4.98 Å². The minimum atomic E-state index is 0.801. The third-order valence-corrected chi connectivity index (χ3v) is 3.88. The van der Waals surface area contributed by atoms with Crippen LogP contribution in [0.3, 0.4) is 0 Å². The fourth-order valence-electron chi connectivity index (χ4n) is 1.67. The van der Waals surface area contributed by atoms with Gasteiger partial charge in [0.25, 0.3) is 0 Å². The topological polar surface area (TPSA) is 37.8 Å². The summed E-state index contributed by atoms with van der Waals surface area (Å²) in [4.78, 5) is 9.93. The van der Waals surface area contributed by atoms with Crippen molar-refractivity contribution in [3.8, 4) is 0 Å². The van der Waals surface area contributed by atoms with Gasteiger partial charge in [0.15, 0.2) is 0 Å². The highest BCUT2D eigenvalue weighted by molar-refractivity contribution is 7.98. The molecule has 2 aromatic rings. The Kier molecular flexibility index (Phi) is 4.20. The SMILES string of the molecule is CNc1cnc(CSc2ccc(C)cc2C)cn1. The largest absolute Gasteiger partial charge is 0.372 e. The second-order valence-electron chi connectivity index (χ2n) is 4.20. The molecule has 1 aromatic carbocycles. The first-order chi connectivity index (χ1) is 8.69. The Hall–Kier alpha value is -1.55. The Morgan fingerprint density at radius 3 is 2.61 bits per heavy atom. The average Bonchev–Trinajstić information content (AvgIpc) is 2.38. The molecule has 0 atom stereocenters. The van der Waals surface area contributed by atoms with E-state index in [2.05, 4.69) is 47.3 Å². The fourth-order valence-corrected chi connectivity index (χ4v) is 2.57. The molecule has 1 heterocycles. The highest BCUT2D eigenvalue weighted by Crippen LogP contribution is 2.25. The maximum atomic E-state index is 4.37. The zero-order valence-electron chi connectivity index (χ0n) is 10.9. The molecule has 0 aliphatic heterocycles. The van der Waals surface area contributed by atoms with Crippen molar-refractivity contribution < 1.29 is 0 Å². The predicted molar refractivity (Wildman–Crippen MR) is 77.1 cm³/mol. The Balaban J connectivity index is 2.02. The first kappa shape index (κ1) is 12.9. The summed E-state index contributed by atoms with van der Waals surface area (Å²) in [5.41, 5.74) is 3.62. The van der Waals surface area contributed by atoms with E-state index in [1.807, 2.05) is 13.2 Å². The maximum Gasteiger partial charge on any atom is 0.144 e. The average molecular weight is 259 g/mol. The van der Waals surface area contributed by atoms with Crippen LogP contribution in [-0.2, 0) is 5.75 Å². The molecule has 0 aliphatic carbocycles. The fraction of sp³-hybridized carbons (Fsp3) is 0.286. The van der Waals surface area contributed by atoms with E-state index in [4.69, 9.17) is 0 Å². The molecule has 0 bridgehead atoms. The Labute approximate surface area is 112 Å². The van der Waals surface area contributed by atoms with E-state index >= 15 is 0 Å². The van der Waals surface area contributed by atoms with Gasteiger partial charge >= 0.3 is 0 Å². The van der Waals surface area contributed by atoms with Crippen LogP contribution in [0.5, 0.6) is 0 Å². The number of anilines is 1. The van der Waals surface area contributed by atoms with Crippen LogP contribution in [0.25, 0.3) is 0 Å². The standard InChI is InChI=1S/C14H17N3S/c1-10-4-5-13(11(2)6-10)18-9-12-7-17-14(15-3)8-16-12/h4-8H,9H2,1-3H3,(H,15,17). The zero-order chi connectivity index (χ0) is 13.0. The van der Waals surface area contributed by atoms with Gasteiger partial charge in [0.1, 0.15) is 5.82 Å². The third-order valence-electron chi connectivity index (χ3n) is 2.67. The van der Waals surface area contributed by atoms with E-state index in [0.29, 0.717) is 0 Å². The predicted octanol–water partition coefficient (Wildman–Crippen LogP) is 3.43. The van der Waals surface area contributed by atoms with Gasteiger partial charge in [-0.25, -0.2) is 4.98 Å². The maximum absolute atomic E-state index is 4.37. The van der Waals surface area contributed by atoms with Gasteiger partial charge in [0, 0.05) is 17.7 Å². The molecule has 0 amide bonds. The van der Waals surface area contributed by atoms with Crippen molar-refractivity contribution in [3.05, 3.63) is 47.4 Å². The third kappa shape index (κ3) is 3.23. The van der Waals surface area contributed by atoms with E-state index in [0.717, 1.165) is 17.3 Å². The monoisotopic (exact) mass is 259 g/mol. The molecular formula is C14H17N3S. The molecule has 0 radical (unpaired) electrons. The highest BCUT2D eigenvalue weighted by atomic mass is 32.2. The lowest BCUT2D eigenvalue weighted by molar-refractivity contribution is 1.09. The van der Waals surface area contributed by atoms with Gasteiger partial charge in [-0.05, 0) is 25.5 Å². The summed E-state index contributed by atoms with van der Waals surface area (Å²) in [6, 6.07) is 6.52. The molecule has 0 spiro atoms. The van der Waals surface area contributed by atoms with Crippen molar-refractivity contribution in [1.29, 1.82) is 0 Å². The first-order valence-electron chi connectivity index (χ1n) is 5.88. The number of nitrogens with zero attached hydrogens (tertiary/aromatic N) is 2. The minimum Gasteiger partial charge on any atom is -0.372 e. The van der Waals surface area contributed by atoms with Crippen molar-refractivity contribution in [2.24, 2.45) is 0 Å². The first-order valence-corrected chi connectivity index (χ1v) is 6.86. The van der Waals surface area contributed by atoms with Crippen LogP contribution >= 0.6 is 11.8 Å². The summed E-state index contributed by atoms with van der Waals surface area (Å²) in [5.74, 6) is 1.65. The normalized spacial score (nSPS) is 10.4. The van der Waals surface area contributed by atoms with E-state index in [9.17, 15) is 0 Å². The molecule has 0 saturated heterocycles. The molecule has 1 aromatic heterocycles. The van der Waals surface area contributed by atoms with Gasteiger partial charge in [-0.15, -0.1) is 11.8 Å². The van der Waals surface area contributed by atoms with E-state index in [1.54, 1.807) is 18.0 Å². The van der Waals surface area contributed by atoms with E-state index in [1.165, 1.54) is 16.0 Å². The van der Waals surface area contributed by atoms with Gasteiger partial charge in [0.2, 0.25) is 0 Å². The zero-order valence-corrected chi connectivity index (χ0v) is 11.7. The van der Waals surface area contributed by atoms with Crippen LogP contribution in [-0.4, -0.2) is 17.0 Å². The minimum absolute atomic E-state index is 0.801. The Morgan fingerprint density at radius 2 is 2.00 bits per heavy atom. The van der Waals surface area contributed by atoms with Gasteiger partial charge in [0.05, 0.1) is 18.1 Å². The lowest BCUT2D eigenvalue weighted by Crippen LogP contribution is -1.95. The number of benzene rings is 1. The van der Waals surface area contributed by atoms with Crippen LogP contribution in [0.15, 0.2) is 35.5 Å². The molecular weight excluding hydrogens is 242 g/mol. The lowest BCUT2D eigenvalue weighted by atomic mass is 10.2. The van der Waals surface area contributed by atoms with E-state index in [-0.39, 0.29) is 0 Å². The molecule has 94 valence electrons. The number of rotatable bonds is 4. The number of hydrogen-bond acceptors (Lipinski definition) is 4. The molecule has 0 saturated carbocycles. The molecule has 1 N–H and O–H groups in total. The Morgan fingerprint density at radius 1 is 1.17 bits per heavy atom. The number of aromatic nitrogens is 2.